The maximum absolute atomic E-state index is 12.6. The van der Waals surface area contributed by atoms with E-state index in [-0.39, 0.29) is 28.0 Å². The van der Waals surface area contributed by atoms with E-state index in [1.807, 2.05) is 0 Å². The number of phenolic OH excluding ortho intramolecular Hbond substituents is 1. The van der Waals surface area contributed by atoms with Crippen molar-refractivity contribution >= 4 is 28.1 Å². The average molecular weight is 362 g/mol. The largest absolute Gasteiger partial charge is 0.573 e. The van der Waals surface area contributed by atoms with Crippen molar-refractivity contribution in [2.24, 2.45) is 4.99 Å². The summed E-state index contributed by atoms with van der Waals surface area (Å²) >= 11 is 0. The zero-order chi connectivity index (χ0) is 18.6. The van der Waals surface area contributed by atoms with Crippen LogP contribution < -0.4 is 4.74 Å². The molecule has 0 amide bonds. The second kappa shape index (κ2) is 5.25. The number of carbonyl (C=O) groups is 1. The molecule has 0 unspecified atom stereocenters. The minimum Gasteiger partial charge on any atom is -0.508 e. The molecule has 0 spiro atoms. The van der Waals surface area contributed by atoms with Crippen LogP contribution in [0, 0.1) is 0 Å². The summed E-state index contributed by atoms with van der Waals surface area (Å²) in [5.41, 5.74) is 0.559. The third-order valence-corrected chi connectivity index (χ3v) is 3.89. The fraction of sp³-hybridized carbons (Fsp3) is 0.0588. The number of aromatic amines is 1. The van der Waals surface area contributed by atoms with Crippen LogP contribution in [0.15, 0.2) is 41.4 Å². The zero-order valence-electron chi connectivity index (χ0n) is 12.8. The molecule has 1 aliphatic rings. The summed E-state index contributed by atoms with van der Waals surface area (Å²) in [7, 11) is 0. The maximum atomic E-state index is 12.6. The molecule has 0 saturated heterocycles. The standard InChI is InChI=1S/C17H9F3N2O4/c18-17(19,20)26-8-2-4-11-9(6-8)13(16(25)22-11)14-15(24)10-5-7(23)1-3-12(10)21-14/h1-6,22-23,25H. The maximum Gasteiger partial charge on any atom is 0.573 e. The molecular weight excluding hydrogens is 353 g/mol. The van der Waals surface area contributed by atoms with Gasteiger partial charge in [0.2, 0.25) is 5.78 Å². The van der Waals surface area contributed by atoms with Crippen molar-refractivity contribution in [1.29, 1.82) is 0 Å². The van der Waals surface area contributed by atoms with Crippen molar-refractivity contribution in [3.8, 4) is 17.4 Å². The van der Waals surface area contributed by atoms with Crippen molar-refractivity contribution in [2.75, 3.05) is 0 Å². The van der Waals surface area contributed by atoms with Gasteiger partial charge in [0.05, 0.1) is 16.8 Å². The summed E-state index contributed by atoms with van der Waals surface area (Å²) in [6, 6.07) is 7.45. The first-order valence-corrected chi connectivity index (χ1v) is 7.30. The fourth-order valence-corrected chi connectivity index (χ4v) is 2.87. The third-order valence-electron chi connectivity index (χ3n) is 3.89. The third kappa shape index (κ3) is 2.53. The molecule has 0 aliphatic carbocycles. The lowest BCUT2D eigenvalue weighted by molar-refractivity contribution is -0.274. The van der Waals surface area contributed by atoms with Gasteiger partial charge in [-0.1, -0.05) is 0 Å². The number of Topliss-reactive ketones (excluding diaryl/α,β-unsaturated/α-hetero) is 1. The molecule has 0 radical (unpaired) electrons. The number of alkyl halides is 3. The van der Waals surface area contributed by atoms with E-state index in [0.717, 1.165) is 12.1 Å². The van der Waals surface area contributed by atoms with Gasteiger partial charge < -0.3 is 19.9 Å². The van der Waals surface area contributed by atoms with Crippen molar-refractivity contribution < 1.29 is 32.9 Å². The number of nitrogens with one attached hydrogen (secondary N) is 1. The number of nitrogens with zero attached hydrogens (tertiary/aromatic N) is 1. The van der Waals surface area contributed by atoms with E-state index in [4.69, 9.17) is 0 Å². The number of aromatic hydroxyl groups is 2. The average Bonchev–Trinajstić information content (AvgIpc) is 3.02. The highest BCUT2D eigenvalue weighted by Gasteiger charge is 2.33. The normalized spacial score (nSPS) is 13.8. The number of H-pyrrole nitrogens is 1. The van der Waals surface area contributed by atoms with Crippen LogP contribution in [0.4, 0.5) is 18.9 Å². The summed E-state index contributed by atoms with van der Waals surface area (Å²) in [6.07, 6.45) is -4.87. The Labute approximate surface area is 143 Å². The molecule has 2 heterocycles. The number of ketones is 1. The number of halogens is 3. The van der Waals surface area contributed by atoms with Gasteiger partial charge in [-0.05, 0) is 36.4 Å². The Kier molecular flexibility index (Phi) is 3.23. The molecule has 132 valence electrons. The van der Waals surface area contributed by atoms with E-state index in [2.05, 4.69) is 14.7 Å². The van der Waals surface area contributed by atoms with E-state index < -0.39 is 23.8 Å². The van der Waals surface area contributed by atoms with E-state index in [1.165, 1.54) is 24.3 Å². The molecule has 1 aliphatic heterocycles. The first kappa shape index (κ1) is 16.0. The van der Waals surface area contributed by atoms with Gasteiger partial charge in [0.15, 0.2) is 5.88 Å². The number of ether oxygens (including phenoxy) is 1. The number of aliphatic imine (C=N–C) groups is 1. The number of hydrogen-bond donors (Lipinski definition) is 3. The highest BCUT2D eigenvalue weighted by molar-refractivity contribution is 6.56. The predicted octanol–water partition coefficient (Wildman–Crippen LogP) is 3.79. The van der Waals surface area contributed by atoms with Gasteiger partial charge in [-0.25, -0.2) is 4.99 Å². The molecule has 2 aromatic carbocycles. The number of carbonyl (C=O) groups excluding carboxylic acids is 1. The molecule has 0 fully saturated rings. The Morgan fingerprint density at radius 3 is 2.58 bits per heavy atom. The van der Waals surface area contributed by atoms with Crippen LogP contribution >= 0.6 is 0 Å². The van der Waals surface area contributed by atoms with Gasteiger partial charge in [0.25, 0.3) is 0 Å². The first-order valence-electron chi connectivity index (χ1n) is 7.30. The molecule has 3 aromatic rings. The summed E-state index contributed by atoms with van der Waals surface area (Å²) in [4.78, 5) is 19.3. The second-order valence-electron chi connectivity index (χ2n) is 5.59. The van der Waals surface area contributed by atoms with E-state index in [1.54, 1.807) is 0 Å². The molecular formula is C17H9F3N2O4. The zero-order valence-corrected chi connectivity index (χ0v) is 12.8. The van der Waals surface area contributed by atoms with Crippen LogP contribution in [0.25, 0.3) is 10.9 Å². The van der Waals surface area contributed by atoms with Crippen molar-refractivity contribution in [2.45, 2.75) is 6.36 Å². The topological polar surface area (TPSA) is 94.9 Å². The highest BCUT2D eigenvalue weighted by atomic mass is 19.4. The van der Waals surface area contributed by atoms with Crippen LogP contribution in [-0.4, -0.2) is 33.1 Å². The van der Waals surface area contributed by atoms with Crippen LogP contribution in [-0.2, 0) is 0 Å². The molecule has 6 nitrogen and oxygen atoms in total. The van der Waals surface area contributed by atoms with Crippen molar-refractivity contribution in [1.82, 2.24) is 4.98 Å². The lowest BCUT2D eigenvalue weighted by atomic mass is 10.0. The number of aromatic nitrogens is 1. The molecule has 0 saturated carbocycles. The lowest BCUT2D eigenvalue weighted by Crippen LogP contribution is -2.17. The van der Waals surface area contributed by atoms with Crippen LogP contribution in [0.3, 0.4) is 0 Å². The van der Waals surface area contributed by atoms with Crippen LogP contribution in [0.5, 0.6) is 17.4 Å². The van der Waals surface area contributed by atoms with E-state index in [0.29, 0.717) is 11.2 Å². The molecule has 0 atom stereocenters. The fourth-order valence-electron chi connectivity index (χ4n) is 2.87. The lowest BCUT2D eigenvalue weighted by Gasteiger charge is -2.08. The second-order valence-corrected chi connectivity index (χ2v) is 5.59. The summed E-state index contributed by atoms with van der Waals surface area (Å²) < 4.78 is 41.2. The Balaban J connectivity index is 1.86. The Morgan fingerprint density at radius 2 is 1.85 bits per heavy atom. The molecule has 1 aromatic heterocycles. The molecule has 26 heavy (non-hydrogen) atoms. The minimum absolute atomic E-state index is 0.0340. The van der Waals surface area contributed by atoms with Crippen LogP contribution in [0.1, 0.15) is 15.9 Å². The Hall–Kier alpha value is -3.49. The number of benzene rings is 2. The summed E-state index contributed by atoms with van der Waals surface area (Å²) in [6.45, 7) is 0. The van der Waals surface area contributed by atoms with Gasteiger partial charge in [-0.3, -0.25) is 4.79 Å². The molecule has 9 heteroatoms. The number of phenols is 1. The molecule has 4 rings (SSSR count). The Morgan fingerprint density at radius 1 is 1.08 bits per heavy atom. The van der Waals surface area contributed by atoms with Gasteiger partial charge in [0, 0.05) is 10.9 Å². The first-order chi connectivity index (χ1) is 12.2. The van der Waals surface area contributed by atoms with E-state index in [9.17, 15) is 28.2 Å². The molecule has 0 bridgehead atoms. The van der Waals surface area contributed by atoms with Crippen molar-refractivity contribution in [3.05, 3.63) is 47.5 Å². The quantitative estimate of drug-likeness (QED) is 0.646. The monoisotopic (exact) mass is 362 g/mol. The van der Waals surface area contributed by atoms with E-state index >= 15 is 0 Å². The van der Waals surface area contributed by atoms with Gasteiger partial charge >= 0.3 is 6.36 Å². The predicted molar refractivity (Wildman–Crippen MR) is 85.3 cm³/mol. The highest BCUT2D eigenvalue weighted by Crippen LogP contribution is 2.38. The number of fused-ring (bicyclic) bond motifs is 2. The minimum atomic E-state index is -4.87. The number of hydrogen-bond acceptors (Lipinski definition) is 5. The van der Waals surface area contributed by atoms with Crippen molar-refractivity contribution in [3.63, 3.8) is 0 Å². The van der Waals surface area contributed by atoms with Gasteiger partial charge in [0.1, 0.15) is 17.2 Å². The summed E-state index contributed by atoms with van der Waals surface area (Å²) in [5.74, 6) is -1.59. The summed E-state index contributed by atoms with van der Waals surface area (Å²) in [5, 5.41) is 19.8. The Bertz CT molecular complexity index is 1100. The smallest absolute Gasteiger partial charge is 0.508 e. The van der Waals surface area contributed by atoms with Gasteiger partial charge in [-0.2, -0.15) is 0 Å². The van der Waals surface area contributed by atoms with Gasteiger partial charge in [-0.15, -0.1) is 13.2 Å². The number of rotatable bonds is 2. The SMILES string of the molecule is O=C1C(c2c(O)[nH]c3ccc(OC(F)(F)F)cc23)=Nc2ccc(O)cc21. The molecule has 3 N–H and O–H groups in total. The van der Waals surface area contributed by atoms with Crippen LogP contribution in [0.2, 0.25) is 0 Å².